The highest BCUT2D eigenvalue weighted by Crippen LogP contribution is 2.38. The molecule has 2 N–H and O–H groups in total. The predicted molar refractivity (Wildman–Crippen MR) is 135 cm³/mol. The number of rotatable bonds is 5. The van der Waals surface area contributed by atoms with Crippen molar-refractivity contribution in [3.05, 3.63) is 80.2 Å². The van der Waals surface area contributed by atoms with E-state index in [0.29, 0.717) is 16.8 Å². The highest BCUT2D eigenvalue weighted by molar-refractivity contribution is 7.99. The van der Waals surface area contributed by atoms with Crippen LogP contribution in [-0.2, 0) is 12.8 Å². The lowest BCUT2D eigenvalue weighted by atomic mass is 9.89. The van der Waals surface area contributed by atoms with Gasteiger partial charge in [-0.1, -0.05) is 48.5 Å². The summed E-state index contributed by atoms with van der Waals surface area (Å²) in [5.41, 5.74) is 2.09. The van der Waals surface area contributed by atoms with Gasteiger partial charge >= 0.3 is 0 Å². The van der Waals surface area contributed by atoms with Gasteiger partial charge in [-0.05, 0) is 68.0 Å². The Kier molecular flexibility index (Phi) is 6.01. The Bertz CT molecular complexity index is 1330. The highest BCUT2D eigenvalue weighted by Gasteiger charge is 2.24. The van der Waals surface area contributed by atoms with E-state index >= 15 is 0 Å². The second kappa shape index (κ2) is 8.93. The Balaban J connectivity index is 1.46. The summed E-state index contributed by atoms with van der Waals surface area (Å²) in [5.74, 6) is 1.31. The van der Waals surface area contributed by atoms with Crippen LogP contribution in [0.3, 0.4) is 0 Å². The molecule has 4 nitrogen and oxygen atoms in total. The number of aromatic nitrogens is 2. The number of halogens is 1. The summed E-state index contributed by atoms with van der Waals surface area (Å²) in [6.45, 7) is 4.29. The zero-order valence-corrected chi connectivity index (χ0v) is 20.3. The smallest absolute Gasteiger partial charge is 0.259 e. The monoisotopic (exact) mass is 481 g/mol. The van der Waals surface area contributed by atoms with Gasteiger partial charge in [0, 0.05) is 19.7 Å². The van der Waals surface area contributed by atoms with E-state index in [0.717, 1.165) is 45.0 Å². The Morgan fingerprint density at radius 1 is 1.25 bits per heavy atom. The van der Waals surface area contributed by atoms with E-state index < -0.39 is 0 Å². The van der Waals surface area contributed by atoms with E-state index in [4.69, 9.17) is 16.6 Å². The van der Waals surface area contributed by atoms with E-state index in [1.165, 1.54) is 10.4 Å². The minimum absolute atomic E-state index is 0.0318. The van der Waals surface area contributed by atoms with Crippen LogP contribution in [0.2, 0.25) is 5.02 Å². The van der Waals surface area contributed by atoms with Crippen LogP contribution < -0.4 is 10.9 Å². The van der Waals surface area contributed by atoms with Crippen LogP contribution in [0.4, 0.5) is 5.69 Å². The molecule has 32 heavy (non-hydrogen) atoms. The summed E-state index contributed by atoms with van der Waals surface area (Å²) in [5, 5.41) is 4.96. The largest absolute Gasteiger partial charge is 0.374 e. The molecular weight excluding hydrogens is 458 g/mol. The summed E-state index contributed by atoms with van der Waals surface area (Å²) < 4.78 is 0. The molecular formula is C25H24ClN3OS2. The lowest BCUT2D eigenvalue weighted by molar-refractivity contribution is 0.509. The minimum atomic E-state index is -0.182. The first-order valence-electron chi connectivity index (χ1n) is 10.8. The van der Waals surface area contributed by atoms with Gasteiger partial charge in [-0.15, -0.1) is 11.3 Å². The van der Waals surface area contributed by atoms with Crippen molar-refractivity contribution >= 4 is 50.6 Å². The third-order valence-electron chi connectivity index (χ3n) is 5.88. The SMILES string of the molecule is C[C@@H]1CCc2c(sc3nc([C@H](C)Nc4cc(Cl)ccc4Sc4ccccc4)[nH]c(=O)c23)C1. The van der Waals surface area contributed by atoms with Gasteiger partial charge in [0.05, 0.1) is 17.1 Å². The predicted octanol–water partition coefficient (Wildman–Crippen LogP) is 7.09. The summed E-state index contributed by atoms with van der Waals surface area (Å²) in [7, 11) is 0. The number of benzene rings is 2. The molecule has 2 aromatic carbocycles. The molecule has 0 saturated carbocycles. The molecule has 1 aliphatic carbocycles. The highest BCUT2D eigenvalue weighted by atomic mass is 35.5. The van der Waals surface area contributed by atoms with Crippen molar-refractivity contribution in [3.8, 4) is 0 Å². The molecule has 0 aliphatic heterocycles. The average molecular weight is 482 g/mol. The van der Waals surface area contributed by atoms with Gasteiger partial charge in [0.1, 0.15) is 10.7 Å². The number of thiophene rings is 1. The van der Waals surface area contributed by atoms with Crippen molar-refractivity contribution in [1.29, 1.82) is 0 Å². The minimum Gasteiger partial charge on any atom is -0.374 e. The van der Waals surface area contributed by atoms with E-state index in [1.807, 2.05) is 43.3 Å². The van der Waals surface area contributed by atoms with E-state index in [-0.39, 0.29) is 11.6 Å². The number of anilines is 1. The molecule has 164 valence electrons. The van der Waals surface area contributed by atoms with Gasteiger partial charge < -0.3 is 10.3 Å². The molecule has 0 unspecified atom stereocenters. The third kappa shape index (κ3) is 4.32. The quantitative estimate of drug-likeness (QED) is 0.319. The van der Waals surface area contributed by atoms with Gasteiger partial charge in [0.15, 0.2) is 0 Å². The van der Waals surface area contributed by atoms with Crippen LogP contribution in [0, 0.1) is 5.92 Å². The van der Waals surface area contributed by atoms with Gasteiger partial charge in [-0.3, -0.25) is 4.79 Å². The second-order valence-corrected chi connectivity index (χ2v) is 11.0. The van der Waals surface area contributed by atoms with E-state index in [9.17, 15) is 4.79 Å². The van der Waals surface area contributed by atoms with Crippen molar-refractivity contribution in [2.75, 3.05) is 5.32 Å². The molecule has 0 fully saturated rings. The van der Waals surface area contributed by atoms with Crippen molar-refractivity contribution in [2.24, 2.45) is 5.92 Å². The van der Waals surface area contributed by atoms with Gasteiger partial charge in [-0.2, -0.15) is 0 Å². The first-order valence-corrected chi connectivity index (χ1v) is 12.8. The molecule has 5 rings (SSSR count). The van der Waals surface area contributed by atoms with Crippen LogP contribution in [0.25, 0.3) is 10.2 Å². The summed E-state index contributed by atoms with van der Waals surface area (Å²) in [6.07, 6.45) is 3.15. The summed E-state index contributed by atoms with van der Waals surface area (Å²) in [4.78, 5) is 25.3. The topological polar surface area (TPSA) is 57.8 Å². The third-order valence-corrected chi connectivity index (χ3v) is 8.35. The number of nitrogens with one attached hydrogen (secondary N) is 2. The van der Waals surface area contributed by atoms with Crippen molar-refractivity contribution in [3.63, 3.8) is 0 Å². The zero-order valence-electron chi connectivity index (χ0n) is 17.9. The molecule has 2 heterocycles. The molecule has 2 atom stereocenters. The number of hydrogen-bond donors (Lipinski definition) is 2. The number of aryl methyl sites for hydroxylation is 1. The maximum atomic E-state index is 13.0. The molecule has 0 amide bonds. The fourth-order valence-electron chi connectivity index (χ4n) is 4.19. The molecule has 0 bridgehead atoms. The molecule has 4 aromatic rings. The van der Waals surface area contributed by atoms with Gasteiger partial charge in [0.2, 0.25) is 0 Å². The van der Waals surface area contributed by atoms with Crippen molar-refractivity contribution < 1.29 is 0 Å². The Labute approximate surface area is 200 Å². The Morgan fingerprint density at radius 2 is 2.06 bits per heavy atom. The van der Waals surface area contributed by atoms with Crippen LogP contribution in [0.15, 0.2) is 63.1 Å². The van der Waals surface area contributed by atoms with Crippen LogP contribution >= 0.6 is 34.7 Å². The molecule has 1 aliphatic rings. The summed E-state index contributed by atoms with van der Waals surface area (Å²) in [6, 6.07) is 15.9. The lowest BCUT2D eigenvalue weighted by Gasteiger charge is -2.18. The first-order chi connectivity index (χ1) is 15.5. The normalized spacial score (nSPS) is 16.7. The molecule has 7 heteroatoms. The molecule has 0 spiro atoms. The van der Waals surface area contributed by atoms with Gasteiger partial charge in [-0.25, -0.2) is 4.98 Å². The van der Waals surface area contributed by atoms with E-state index in [1.54, 1.807) is 23.1 Å². The molecule has 0 saturated heterocycles. The standard InChI is InChI=1S/C25H24ClN3OS2/c1-14-8-10-18-21(12-14)32-25-22(18)24(30)28-23(29-25)15(2)27-19-13-16(26)9-11-20(19)31-17-6-4-3-5-7-17/h3-7,9,11,13-15,27H,8,10,12H2,1-2H3,(H,28,29,30)/t14-,15+/m1/s1. The maximum Gasteiger partial charge on any atom is 0.259 e. The van der Waals surface area contributed by atoms with Crippen LogP contribution in [0.5, 0.6) is 0 Å². The molecule has 2 aromatic heterocycles. The van der Waals surface area contributed by atoms with E-state index in [2.05, 4.69) is 29.4 Å². The van der Waals surface area contributed by atoms with Crippen LogP contribution in [0.1, 0.15) is 42.6 Å². The second-order valence-electron chi connectivity index (χ2n) is 8.40. The molecule has 0 radical (unpaired) electrons. The summed E-state index contributed by atoms with van der Waals surface area (Å²) >= 11 is 9.65. The first kappa shape index (κ1) is 21.6. The fraction of sp³-hybridized carbons (Fsp3) is 0.280. The number of aromatic amines is 1. The number of fused-ring (bicyclic) bond motifs is 3. The lowest BCUT2D eigenvalue weighted by Crippen LogP contribution is -2.18. The maximum absolute atomic E-state index is 13.0. The number of nitrogens with zero attached hydrogens (tertiary/aromatic N) is 1. The van der Waals surface area contributed by atoms with Crippen molar-refractivity contribution in [2.45, 2.75) is 48.9 Å². The van der Waals surface area contributed by atoms with Crippen LogP contribution in [-0.4, -0.2) is 9.97 Å². The number of hydrogen-bond acceptors (Lipinski definition) is 5. The zero-order chi connectivity index (χ0) is 22.2. The van der Waals surface area contributed by atoms with Gasteiger partial charge in [0.25, 0.3) is 5.56 Å². The van der Waals surface area contributed by atoms with Crippen molar-refractivity contribution in [1.82, 2.24) is 9.97 Å². The average Bonchev–Trinajstić information content (AvgIpc) is 3.14. The Hall–Kier alpha value is -2.28. The Morgan fingerprint density at radius 3 is 2.88 bits per heavy atom. The number of H-pyrrole nitrogens is 1. The fourth-order valence-corrected chi connectivity index (χ4v) is 6.67.